The Kier molecular flexibility index (Phi) is 6.26. The molecule has 0 aromatic carbocycles. The van der Waals surface area contributed by atoms with Gasteiger partial charge in [-0.25, -0.2) is 0 Å². The van der Waals surface area contributed by atoms with Crippen molar-refractivity contribution in [2.45, 2.75) is 58.4 Å². The van der Waals surface area contributed by atoms with Crippen molar-refractivity contribution in [2.24, 2.45) is 11.7 Å². The van der Waals surface area contributed by atoms with Gasteiger partial charge in [0, 0.05) is 19.1 Å². The first kappa shape index (κ1) is 13.0. The van der Waals surface area contributed by atoms with Crippen molar-refractivity contribution in [1.82, 2.24) is 4.90 Å². The van der Waals surface area contributed by atoms with Crippen LogP contribution < -0.4 is 5.73 Å². The molecule has 90 valence electrons. The number of nitrogens with two attached hydrogens (primary N) is 1. The molecule has 0 bridgehead atoms. The van der Waals surface area contributed by atoms with E-state index >= 15 is 0 Å². The molecular weight excluding hydrogens is 184 g/mol. The molecule has 2 N–H and O–H groups in total. The van der Waals surface area contributed by atoms with Crippen LogP contribution in [0.5, 0.6) is 0 Å². The van der Waals surface area contributed by atoms with Crippen molar-refractivity contribution in [1.29, 1.82) is 0 Å². The molecule has 0 saturated heterocycles. The molecule has 1 fully saturated rings. The monoisotopic (exact) mass is 212 g/mol. The van der Waals surface area contributed by atoms with Crippen LogP contribution in [-0.4, -0.2) is 30.6 Å². The molecule has 0 heterocycles. The van der Waals surface area contributed by atoms with E-state index in [1.807, 2.05) is 0 Å². The van der Waals surface area contributed by atoms with Crippen molar-refractivity contribution >= 4 is 0 Å². The molecule has 0 spiro atoms. The molecule has 0 amide bonds. The van der Waals surface area contributed by atoms with Gasteiger partial charge in [0.2, 0.25) is 0 Å². The summed E-state index contributed by atoms with van der Waals surface area (Å²) in [4.78, 5) is 2.63. The lowest BCUT2D eigenvalue weighted by Crippen LogP contribution is -2.42. The van der Waals surface area contributed by atoms with Crippen molar-refractivity contribution in [3.63, 3.8) is 0 Å². The first-order valence-electron chi connectivity index (χ1n) is 6.75. The van der Waals surface area contributed by atoms with Gasteiger partial charge < -0.3 is 5.73 Å². The molecule has 1 aliphatic rings. The minimum Gasteiger partial charge on any atom is -0.329 e. The van der Waals surface area contributed by atoms with Crippen LogP contribution in [0.3, 0.4) is 0 Å². The van der Waals surface area contributed by atoms with Crippen LogP contribution in [0.25, 0.3) is 0 Å². The molecular formula is C13H28N2. The highest BCUT2D eigenvalue weighted by Gasteiger charge is 2.24. The molecule has 1 aliphatic carbocycles. The van der Waals surface area contributed by atoms with Crippen LogP contribution >= 0.6 is 0 Å². The van der Waals surface area contributed by atoms with E-state index in [2.05, 4.69) is 18.7 Å². The van der Waals surface area contributed by atoms with Crippen LogP contribution in [-0.2, 0) is 0 Å². The van der Waals surface area contributed by atoms with Gasteiger partial charge in [0.25, 0.3) is 0 Å². The Balaban J connectivity index is 2.42. The number of nitrogens with zero attached hydrogens (tertiary/aromatic N) is 1. The summed E-state index contributed by atoms with van der Waals surface area (Å²) >= 11 is 0. The Labute approximate surface area is 95.2 Å². The minimum atomic E-state index is 0.813. The highest BCUT2D eigenvalue weighted by Crippen LogP contribution is 2.29. The Bertz CT molecular complexity index is 153. The summed E-state index contributed by atoms with van der Waals surface area (Å²) in [5.74, 6) is 0.973. The molecule has 2 nitrogen and oxygen atoms in total. The predicted molar refractivity (Wildman–Crippen MR) is 67.0 cm³/mol. The van der Waals surface area contributed by atoms with Gasteiger partial charge in [-0.15, -0.1) is 0 Å². The highest BCUT2D eigenvalue weighted by molar-refractivity contribution is 4.80. The third-order valence-electron chi connectivity index (χ3n) is 3.78. The smallest absolute Gasteiger partial charge is 0.0108 e. The lowest BCUT2D eigenvalue weighted by molar-refractivity contribution is 0.131. The lowest BCUT2D eigenvalue weighted by atomic mass is 9.83. The average Bonchev–Trinajstić information content (AvgIpc) is 2.29. The van der Waals surface area contributed by atoms with E-state index in [4.69, 9.17) is 5.73 Å². The normalized spacial score (nSPS) is 27.2. The first-order chi connectivity index (χ1) is 7.31. The van der Waals surface area contributed by atoms with E-state index in [9.17, 15) is 0 Å². The van der Waals surface area contributed by atoms with E-state index in [0.717, 1.165) is 25.0 Å². The highest BCUT2D eigenvalue weighted by atomic mass is 15.2. The SMILES string of the molecule is CCCN(CCN)C1CCCC(CC)C1. The van der Waals surface area contributed by atoms with E-state index < -0.39 is 0 Å². The van der Waals surface area contributed by atoms with Gasteiger partial charge in [0.1, 0.15) is 0 Å². The Morgan fingerprint density at radius 3 is 2.60 bits per heavy atom. The van der Waals surface area contributed by atoms with E-state index in [-0.39, 0.29) is 0 Å². The van der Waals surface area contributed by atoms with Gasteiger partial charge in [0.15, 0.2) is 0 Å². The summed E-state index contributed by atoms with van der Waals surface area (Å²) in [6.45, 7) is 7.74. The molecule has 0 aromatic rings. The Morgan fingerprint density at radius 1 is 1.20 bits per heavy atom. The average molecular weight is 212 g/mol. The van der Waals surface area contributed by atoms with Crippen molar-refractivity contribution in [2.75, 3.05) is 19.6 Å². The second-order valence-electron chi connectivity index (χ2n) is 4.92. The molecule has 0 aromatic heterocycles. The third-order valence-corrected chi connectivity index (χ3v) is 3.78. The van der Waals surface area contributed by atoms with Gasteiger partial charge in [-0.2, -0.15) is 0 Å². The number of rotatable bonds is 6. The molecule has 0 aliphatic heterocycles. The summed E-state index contributed by atoms with van der Waals surface area (Å²) < 4.78 is 0. The van der Waals surface area contributed by atoms with Gasteiger partial charge in [-0.05, 0) is 31.7 Å². The topological polar surface area (TPSA) is 29.3 Å². The maximum atomic E-state index is 5.69. The molecule has 15 heavy (non-hydrogen) atoms. The number of hydrogen-bond donors (Lipinski definition) is 1. The summed E-state index contributed by atoms with van der Waals surface area (Å²) in [5.41, 5.74) is 5.69. The van der Waals surface area contributed by atoms with Gasteiger partial charge in [-0.3, -0.25) is 4.90 Å². The van der Waals surface area contributed by atoms with Gasteiger partial charge >= 0.3 is 0 Å². The van der Waals surface area contributed by atoms with Crippen molar-refractivity contribution in [3.8, 4) is 0 Å². The Hall–Kier alpha value is -0.0800. The molecule has 2 atom stereocenters. The maximum Gasteiger partial charge on any atom is 0.0108 e. The molecule has 1 rings (SSSR count). The largest absolute Gasteiger partial charge is 0.329 e. The summed E-state index contributed by atoms with van der Waals surface area (Å²) in [6, 6.07) is 0.826. The molecule has 1 saturated carbocycles. The molecule has 0 radical (unpaired) electrons. The summed E-state index contributed by atoms with van der Waals surface area (Å²) in [7, 11) is 0. The van der Waals surface area contributed by atoms with E-state index in [1.165, 1.54) is 45.1 Å². The van der Waals surface area contributed by atoms with Crippen LogP contribution in [0.2, 0.25) is 0 Å². The zero-order valence-electron chi connectivity index (χ0n) is 10.5. The second kappa shape index (κ2) is 7.24. The number of hydrogen-bond acceptors (Lipinski definition) is 2. The fraction of sp³-hybridized carbons (Fsp3) is 1.00. The third kappa shape index (κ3) is 4.12. The fourth-order valence-corrected chi connectivity index (χ4v) is 2.90. The molecule has 2 unspecified atom stereocenters. The lowest BCUT2D eigenvalue weighted by Gasteiger charge is -2.37. The summed E-state index contributed by atoms with van der Waals surface area (Å²) in [6.07, 6.45) is 8.31. The second-order valence-corrected chi connectivity index (χ2v) is 4.92. The van der Waals surface area contributed by atoms with Crippen molar-refractivity contribution < 1.29 is 0 Å². The van der Waals surface area contributed by atoms with Gasteiger partial charge in [-0.1, -0.05) is 33.1 Å². The standard InChI is InChI=1S/C13H28N2/c1-3-9-15(10-8-14)13-7-5-6-12(4-2)11-13/h12-13H,3-11,14H2,1-2H3. The Morgan fingerprint density at radius 2 is 2.00 bits per heavy atom. The van der Waals surface area contributed by atoms with Crippen LogP contribution in [0, 0.1) is 5.92 Å². The predicted octanol–water partition coefficient (Wildman–Crippen LogP) is 2.63. The molecule has 2 heteroatoms. The maximum absolute atomic E-state index is 5.69. The van der Waals surface area contributed by atoms with Crippen LogP contribution in [0.1, 0.15) is 52.4 Å². The fourth-order valence-electron chi connectivity index (χ4n) is 2.90. The quantitative estimate of drug-likeness (QED) is 0.733. The van der Waals surface area contributed by atoms with Crippen LogP contribution in [0.15, 0.2) is 0 Å². The van der Waals surface area contributed by atoms with E-state index in [1.54, 1.807) is 0 Å². The zero-order valence-corrected chi connectivity index (χ0v) is 10.5. The zero-order chi connectivity index (χ0) is 11.1. The van der Waals surface area contributed by atoms with E-state index in [0.29, 0.717) is 0 Å². The first-order valence-corrected chi connectivity index (χ1v) is 6.75. The minimum absolute atomic E-state index is 0.813. The van der Waals surface area contributed by atoms with Gasteiger partial charge in [0.05, 0.1) is 0 Å². The van der Waals surface area contributed by atoms with Crippen molar-refractivity contribution in [3.05, 3.63) is 0 Å². The summed E-state index contributed by atoms with van der Waals surface area (Å²) in [5, 5.41) is 0. The van der Waals surface area contributed by atoms with Crippen LogP contribution in [0.4, 0.5) is 0 Å².